The molecular weight excluding hydrogens is 288 g/mol. The maximum absolute atomic E-state index is 11.9. The predicted octanol–water partition coefficient (Wildman–Crippen LogP) is -0.192. The van der Waals surface area contributed by atoms with Crippen LogP contribution in [0, 0.1) is 0 Å². The Kier molecular flexibility index (Phi) is 5.06. The quantitative estimate of drug-likeness (QED) is 0.489. The number of carbonyl (C=O) groups is 2. The molecule has 0 aromatic heterocycles. The van der Waals surface area contributed by atoms with E-state index in [0.29, 0.717) is 0 Å². The highest BCUT2D eigenvalue weighted by Crippen LogP contribution is 2.19. The minimum Gasteiger partial charge on any atom is -0.478 e. The highest BCUT2D eigenvalue weighted by molar-refractivity contribution is 7.89. The smallest absolute Gasteiger partial charge is 0.335 e. The Morgan fingerprint density at radius 3 is 2.55 bits per heavy atom. The van der Waals surface area contributed by atoms with E-state index in [1.54, 1.807) is 6.92 Å². The molecule has 0 spiro atoms. The van der Waals surface area contributed by atoms with E-state index in [1.165, 1.54) is 0 Å². The first kappa shape index (κ1) is 15.9. The molecule has 0 aliphatic carbocycles. The Hall–Kier alpha value is -2.13. The first-order valence-electron chi connectivity index (χ1n) is 5.56. The second kappa shape index (κ2) is 6.35. The van der Waals surface area contributed by atoms with Gasteiger partial charge in [-0.1, -0.05) is 0 Å². The van der Waals surface area contributed by atoms with Crippen LogP contribution in [0.3, 0.4) is 0 Å². The van der Waals surface area contributed by atoms with Crippen molar-refractivity contribution < 1.29 is 27.9 Å². The Morgan fingerprint density at radius 2 is 2.05 bits per heavy atom. The summed E-state index contributed by atoms with van der Waals surface area (Å²) in [5, 5.41) is 8.76. The maximum atomic E-state index is 11.9. The number of anilines is 1. The molecule has 0 aliphatic rings. The summed E-state index contributed by atoms with van der Waals surface area (Å²) in [4.78, 5) is 21.5. The van der Waals surface area contributed by atoms with E-state index < -0.39 is 28.5 Å². The zero-order valence-corrected chi connectivity index (χ0v) is 11.4. The molecule has 0 saturated carbocycles. The highest BCUT2D eigenvalue weighted by Gasteiger charge is 2.20. The zero-order valence-electron chi connectivity index (χ0n) is 10.6. The van der Waals surface area contributed by atoms with Crippen LogP contribution in [0.1, 0.15) is 17.3 Å². The normalized spacial score (nSPS) is 11.1. The van der Waals surface area contributed by atoms with Crippen LogP contribution < -0.4 is 10.5 Å². The number of esters is 1. The van der Waals surface area contributed by atoms with E-state index in [9.17, 15) is 18.0 Å². The lowest BCUT2D eigenvalue weighted by atomic mass is 10.2. The third-order valence-electron chi connectivity index (χ3n) is 2.26. The molecule has 0 radical (unpaired) electrons. The van der Waals surface area contributed by atoms with Gasteiger partial charge in [0.05, 0.1) is 17.9 Å². The average Bonchev–Trinajstić information content (AvgIpc) is 2.36. The van der Waals surface area contributed by atoms with Crippen molar-refractivity contribution in [1.29, 1.82) is 0 Å². The van der Waals surface area contributed by atoms with E-state index >= 15 is 0 Å². The van der Waals surface area contributed by atoms with Crippen molar-refractivity contribution in [2.24, 2.45) is 0 Å². The van der Waals surface area contributed by atoms with Gasteiger partial charge in [0.25, 0.3) is 0 Å². The standard InChI is InChI=1S/C11H14N2O6S/c1-2-19-10(14)6-13-20(17,18)9-4-3-7(11(15)16)5-8(9)12/h3-5,13H,2,6,12H2,1H3,(H,15,16). The number of benzene rings is 1. The van der Waals surface area contributed by atoms with Gasteiger partial charge in [0.2, 0.25) is 10.0 Å². The van der Waals surface area contributed by atoms with Gasteiger partial charge in [0, 0.05) is 0 Å². The van der Waals surface area contributed by atoms with Crippen LogP contribution >= 0.6 is 0 Å². The molecule has 0 atom stereocenters. The summed E-state index contributed by atoms with van der Waals surface area (Å²) >= 11 is 0. The van der Waals surface area contributed by atoms with Gasteiger partial charge in [-0.3, -0.25) is 4.79 Å². The third-order valence-corrected chi connectivity index (χ3v) is 3.73. The lowest BCUT2D eigenvalue weighted by Crippen LogP contribution is -2.31. The van der Waals surface area contributed by atoms with E-state index in [1.807, 2.05) is 4.72 Å². The number of hydrogen-bond donors (Lipinski definition) is 3. The lowest BCUT2D eigenvalue weighted by Gasteiger charge is -2.09. The summed E-state index contributed by atoms with van der Waals surface area (Å²) < 4.78 is 30.4. The molecule has 0 heterocycles. The molecule has 9 heteroatoms. The number of nitrogen functional groups attached to an aromatic ring is 1. The van der Waals surface area contributed by atoms with Crippen LogP contribution in [0.5, 0.6) is 0 Å². The number of carboxylic acid groups (broad SMARTS) is 1. The van der Waals surface area contributed by atoms with Crippen molar-refractivity contribution in [2.45, 2.75) is 11.8 Å². The first-order valence-corrected chi connectivity index (χ1v) is 7.04. The molecule has 1 aromatic carbocycles. The van der Waals surface area contributed by atoms with E-state index in [-0.39, 0.29) is 22.8 Å². The molecule has 0 bridgehead atoms. The van der Waals surface area contributed by atoms with Gasteiger partial charge in [0.1, 0.15) is 11.4 Å². The Morgan fingerprint density at radius 1 is 1.40 bits per heavy atom. The van der Waals surface area contributed by atoms with Crippen molar-refractivity contribution >= 4 is 27.6 Å². The fourth-order valence-electron chi connectivity index (χ4n) is 1.37. The molecule has 20 heavy (non-hydrogen) atoms. The molecule has 4 N–H and O–H groups in total. The van der Waals surface area contributed by atoms with Crippen LogP contribution in [0.2, 0.25) is 0 Å². The third kappa shape index (κ3) is 3.93. The van der Waals surface area contributed by atoms with Crippen LogP contribution in [-0.4, -0.2) is 38.6 Å². The van der Waals surface area contributed by atoms with Gasteiger partial charge in [-0.15, -0.1) is 0 Å². The summed E-state index contributed by atoms with van der Waals surface area (Å²) in [5.74, 6) is -1.95. The van der Waals surface area contributed by atoms with Crippen molar-refractivity contribution in [3.8, 4) is 0 Å². The number of aromatic carboxylic acids is 1. The topological polar surface area (TPSA) is 136 Å². The van der Waals surface area contributed by atoms with Gasteiger partial charge in [-0.25, -0.2) is 13.2 Å². The molecule has 1 aromatic rings. The van der Waals surface area contributed by atoms with Gasteiger partial charge < -0.3 is 15.6 Å². The Labute approximate surface area is 115 Å². The molecule has 8 nitrogen and oxygen atoms in total. The molecule has 1 rings (SSSR count). The lowest BCUT2D eigenvalue weighted by molar-refractivity contribution is -0.141. The number of carbonyl (C=O) groups excluding carboxylic acids is 1. The number of carboxylic acids is 1. The molecule has 0 amide bonds. The predicted molar refractivity (Wildman–Crippen MR) is 69.6 cm³/mol. The van der Waals surface area contributed by atoms with E-state index in [2.05, 4.69) is 4.74 Å². The summed E-state index contributed by atoms with van der Waals surface area (Å²) in [6.45, 7) is 1.20. The molecule has 0 fully saturated rings. The molecular formula is C11H14N2O6S. The Bertz CT molecular complexity index is 626. The van der Waals surface area contributed by atoms with Crippen LogP contribution in [0.15, 0.2) is 23.1 Å². The minimum atomic E-state index is -4.02. The molecule has 0 unspecified atom stereocenters. The van der Waals surface area contributed by atoms with Gasteiger partial charge in [0.15, 0.2) is 0 Å². The van der Waals surface area contributed by atoms with Crippen molar-refractivity contribution in [1.82, 2.24) is 4.72 Å². The summed E-state index contributed by atoms with van der Waals surface area (Å²) in [6, 6.07) is 3.20. The summed E-state index contributed by atoms with van der Waals surface area (Å²) in [5.41, 5.74) is 5.16. The second-order valence-corrected chi connectivity index (χ2v) is 5.42. The minimum absolute atomic E-state index is 0.133. The number of sulfonamides is 1. The number of hydrogen-bond acceptors (Lipinski definition) is 6. The van der Waals surface area contributed by atoms with Crippen molar-refractivity contribution in [3.63, 3.8) is 0 Å². The van der Waals surface area contributed by atoms with Crippen LogP contribution in [-0.2, 0) is 19.6 Å². The molecule has 110 valence electrons. The number of rotatable bonds is 6. The fraction of sp³-hybridized carbons (Fsp3) is 0.273. The van der Waals surface area contributed by atoms with Gasteiger partial charge >= 0.3 is 11.9 Å². The van der Waals surface area contributed by atoms with Gasteiger partial charge in [-0.05, 0) is 25.1 Å². The van der Waals surface area contributed by atoms with E-state index in [4.69, 9.17) is 10.8 Å². The molecule has 0 saturated heterocycles. The van der Waals surface area contributed by atoms with Crippen molar-refractivity contribution in [3.05, 3.63) is 23.8 Å². The first-order chi connectivity index (χ1) is 9.27. The molecule has 0 aliphatic heterocycles. The van der Waals surface area contributed by atoms with Crippen LogP contribution in [0.25, 0.3) is 0 Å². The summed E-state index contributed by atoms with van der Waals surface area (Å²) in [7, 11) is -4.02. The Balaban J connectivity index is 2.93. The highest BCUT2D eigenvalue weighted by atomic mass is 32.2. The van der Waals surface area contributed by atoms with Crippen molar-refractivity contribution in [2.75, 3.05) is 18.9 Å². The SMILES string of the molecule is CCOC(=O)CNS(=O)(=O)c1ccc(C(=O)O)cc1N. The number of nitrogens with two attached hydrogens (primary N) is 1. The van der Waals surface area contributed by atoms with E-state index in [0.717, 1.165) is 18.2 Å². The number of nitrogens with one attached hydrogen (secondary N) is 1. The van der Waals surface area contributed by atoms with Gasteiger partial charge in [-0.2, -0.15) is 4.72 Å². The zero-order chi connectivity index (χ0) is 15.3. The summed E-state index contributed by atoms with van der Waals surface area (Å²) in [6.07, 6.45) is 0. The second-order valence-electron chi connectivity index (χ2n) is 3.69. The average molecular weight is 302 g/mol. The monoisotopic (exact) mass is 302 g/mol. The van der Waals surface area contributed by atoms with Crippen LogP contribution in [0.4, 0.5) is 5.69 Å². The number of ether oxygens (including phenoxy) is 1. The fourth-order valence-corrected chi connectivity index (χ4v) is 2.45. The maximum Gasteiger partial charge on any atom is 0.335 e. The largest absolute Gasteiger partial charge is 0.478 e.